The van der Waals surface area contributed by atoms with Gasteiger partial charge in [0.05, 0.1) is 12.1 Å². The maximum absolute atomic E-state index is 11.9. The molecule has 1 heterocycles. The average molecular weight is 304 g/mol. The molecule has 0 radical (unpaired) electrons. The Morgan fingerprint density at radius 3 is 2.82 bits per heavy atom. The predicted molar refractivity (Wildman–Crippen MR) is 86.9 cm³/mol. The van der Waals surface area contributed by atoms with Crippen LogP contribution in [-0.2, 0) is 6.42 Å². The molecule has 1 atom stereocenters. The first-order valence-electron chi connectivity index (χ1n) is 7.70. The third-order valence-corrected chi connectivity index (χ3v) is 3.70. The Morgan fingerprint density at radius 1 is 1.36 bits per heavy atom. The summed E-state index contributed by atoms with van der Waals surface area (Å²) in [6.07, 6.45) is 2.27. The number of hydrogen-bond donors (Lipinski definition) is 3. The molecule has 0 spiro atoms. The highest BCUT2D eigenvalue weighted by Crippen LogP contribution is 2.18. The number of urea groups is 1. The zero-order valence-electron chi connectivity index (χ0n) is 13.2. The topological polar surface area (TPSA) is 74.5 Å². The van der Waals surface area contributed by atoms with Crippen LogP contribution in [0.25, 0.3) is 11.0 Å². The highest BCUT2D eigenvalue weighted by Gasteiger charge is 2.24. The van der Waals surface area contributed by atoms with Gasteiger partial charge in [0.2, 0.25) is 0 Å². The number of benzene rings is 1. The first-order valence-corrected chi connectivity index (χ1v) is 7.70. The van der Waals surface area contributed by atoms with Crippen molar-refractivity contribution < 1.29 is 14.3 Å². The second-order valence-electron chi connectivity index (χ2n) is 5.85. The molecule has 120 valence electrons. The number of rotatable bonds is 7. The van der Waals surface area contributed by atoms with Gasteiger partial charge in [-0.3, -0.25) is 0 Å². The lowest BCUT2D eigenvalue weighted by Gasteiger charge is -2.28. The Balaban J connectivity index is 1.81. The van der Waals surface area contributed by atoms with Crippen molar-refractivity contribution in [1.29, 1.82) is 0 Å². The van der Waals surface area contributed by atoms with Gasteiger partial charge in [-0.05, 0) is 25.5 Å². The summed E-state index contributed by atoms with van der Waals surface area (Å²) in [6.45, 7) is 4.28. The number of carbonyl (C=O) groups excluding carboxylic acids is 1. The molecule has 2 rings (SSSR count). The van der Waals surface area contributed by atoms with Gasteiger partial charge in [0.25, 0.3) is 0 Å². The van der Waals surface area contributed by atoms with E-state index in [4.69, 9.17) is 4.42 Å². The predicted octanol–water partition coefficient (Wildman–Crippen LogP) is 2.83. The number of hydrogen-bond acceptors (Lipinski definition) is 3. The molecule has 2 amide bonds. The van der Waals surface area contributed by atoms with Gasteiger partial charge in [0, 0.05) is 18.4 Å². The number of amides is 2. The van der Waals surface area contributed by atoms with E-state index in [-0.39, 0.29) is 12.6 Å². The van der Waals surface area contributed by atoms with Gasteiger partial charge in [-0.1, -0.05) is 31.5 Å². The van der Waals surface area contributed by atoms with Gasteiger partial charge in [-0.15, -0.1) is 0 Å². The first-order chi connectivity index (χ1) is 10.6. The highest BCUT2D eigenvalue weighted by molar-refractivity contribution is 5.77. The Kier molecular flexibility index (Phi) is 5.44. The summed E-state index contributed by atoms with van der Waals surface area (Å²) in [5.74, 6) is 0.847. The van der Waals surface area contributed by atoms with Crippen LogP contribution in [0.1, 0.15) is 32.4 Å². The van der Waals surface area contributed by atoms with Crippen LogP contribution in [0, 0.1) is 0 Å². The fourth-order valence-corrected chi connectivity index (χ4v) is 2.51. The number of fused-ring (bicyclic) bond motifs is 1. The lowest BCUT2D eigenvalue weighted by atomic mass is 9.98. The molecule has 5 heteroatoms. The maximum Gasteiger partial charge on any atom is 0.315 e. The molecule has 1 aromatic carbocycles. The second kappa shape index (κ2) is 7.31. The van der Waals surface area contributed by atoms with Crippen molar-refractivity contribution in [1.82, 2.24) is 10.6 Å². The summed E-state index contributed by atoms with van der Waals surface area (Å²) in [6, 6.07) is 9.56. The number of para-hydroxylation sites is 1. The van der Waals surface area contributed by atoms with Crippen molar-refractivity contribution in [3.05, 3.63) is 36.1 Å². The molecule has 5 nitrogen and oxygen atoms in total. The van der Waals surface area contributed by atoms with Crippen LogP contribution >= 0.6 is 0 Å². The molecule has 0 bridgehead atoms. The van der Waals surface area contributed by atoms with Crippen LogP contribution in [0.3, 0.4) is 0 Å². The minimum atomic E-state index is -0.571. The van der Waals surface area contributed by atoms with Gasteiger partial charge in [0.15, 0.2) is 0 Å². The number of aliphatic hydroxyl groups is 1. The Labute approximate surface area is 130 Å². The second-order valence-corrected chi connectivity index (χ2v) is 5.85. The third kappa shape index (κ3) is 4.24. The third-order valence-electron chi connectivity index (χ3n) is 3.70. The van der Waals surface area contributed by atoms with E-state index in [9.17, 15) is 9.90 Å². The molecule has 0 aliphatic heterocycles. The Bertz CT molecular complexity index is 590. The van der Waals surface area contributed by atoms with Gasteiger partial charge in [-0.2, -0.15) is 0 Å². The van der Waals surface area contributed by atoms with E-state index < -0.39 is 5.54 Å². The van der Waals surface area contributed by atoms with Crippen LogP contribution in [0.2, 0.25) is 0 Å². The molecular formula is C17H24N2O3. The molecule has 0 aliphatic rings. The quantitative estimate of drug-likeness (QED) is 0.736. The molecule has 1 unspecified atom stereocenters. The van der Waals surface area contributed by atoms with Crippen LogP contribution in [0.4, 0.5) is 4.79 Å². The molecular weight excluding hydrogens is 280 g/mol. The SMILES string of the molecule is CCCC(C)(CO)NC(=O)NCCc1cc2ccccc2o1. The molecule has 2 aromatic rings. The number of aliphatic hydroxyl groups excluding tert-OH is 1. The zero-order valence-corrected chi connectivity index (χ0v) is 13.2. The Hall–Kier alpha value is -2.01. The molecule has 1 aromatic heterocycles. The van der Waals surface area contributed by atoms with E-state index in [0.717, 1.165) is 29.6 Å². The maximum atomic E-state index is 11.9. The van der Waals surface area contributed by atoms with E-state index in [0.29, 0.717) is 13.0 Å². The van der Waals surface area contributed by atoms with Crippen molar-refractivity contribution in [2.24, 2.45) is 0 Å². The zero-order chi connectivity index (χ0) is 16.0. The van der Waals surface area contributed by atoms with Crippen molar-refractivity contribution in [2.45, 2.75) is 38.6 Å². The van der Waals surface area contributed by atoms with Crippen LogP contribution in [0.15, 0.2) is 34.7 Å². The van der Waals surface area contributed by atoms with E-state index in [1.54, 1.807) is 0 Å². The molecule has 0 fully saturated rings. The number of furan rings is 1. The van der Waals surface area contributed by atoms with E-state index in [1.165, 1.54) is 0 Å². The Morgan fingerprint density at radius 2 is 2.14 bits per heavy atom. The first kappa shape index (κ1) is 16.4. The molecule has 22 heavy (non-hydrogen) atoms. The summed E-state index contributed by atoms with van der Waals surface area (Å²) in [5, 5.41) is 16.1. The van der Waals surface area contributed by atoms with Crippen molar-refractivity contribution in [3.63, 3.8) is 0 Å². The van der Waals surface area contributed by atoms with Crippen LogP contribution < -0.4 is 10.6 Å². The summed E-state index contributed by atoms with van der Waals surface area (Å²) in [7, 11) is 0. The smallest absolute Gasteiger partial charge is 0.315 e. The van der Waals surface area contributed by atoms with Gasteiger partial charge < -0.3 is 20.2 Å². The number of nitrogens with one attached hydrogen (secondary N) is 2. The normalized spacial score (nSPS) is 13.8. The summed E-state index contributed by atoms with van der Waals surface area (Å²) in [5.41, 5.74) is 0.288. The fraction of sp³-hybridized carbons (Fsp3) is 0.471. The summed E-state index contributed by atoms with van der Waals surface area (Å²) >= 11 is 0. The summed E-state index contributed by atoms with van der Waals surface area (Å²) in [4.78, 5) is 11.9. The van der Waals surface area contributed by atoms with Crippen molar-refractivity contribution in [3.8, 4) is 0 Å². The molecule has 0 saturated heterocycles. The van der Waals surface area contributed by atoms with E-state index >= 15 is 0 Å². The minimum Gasteiger partial charge on any atom is -0.461 e. The van der Waals surface area contributed by atoms with Crippen molar-refractivity contribution >= 4 is 17.0 Å². The van der Waals surface area contributed by atoms with Crippen LogP contribution in [-0.4, -0.2) is 29.8 Å². The van der Waals surface area contributed by atoms with Crippen LogP contribution in [0.5, 0.6) is 0 Å². The van der Waals surface area contributed by atoms with Gasteiger partial charge in [-0.25, -0.2) is 4.79 Å². The molecule has 0 aliphatic carbocycles. The lowest BCUT2D eigenvalue weighted by Crippen LogP contribution is -2.52. The fourth-order valence-electron chi connectivity index (χ4n) is 2.51. The largest absolute Gasteiger partial charge is 0.461 e. The summed E-state index contributed by atoms with van der Waals surface area (Å²) < 4.78 is 5.70. The van der Waals surface area contributed by atoms with Gasteiger partial charge >= 0.3 is 6.03 Å². The molecule has 3 N–H and O–H groups in total. The van der Waals surface area contributed by atoms with E-state index in [2.05, 4.69) is 10.6 Å². The van der Waals surface area contributed by atoms with Crippen molar-refractivity contribution in [2.75, 3.05) is 13.2 Å². The number of carbonyl (C=O) groups is 1. The van der Waals surface area contributed by atoms with Gasteiger partial charge in [0.1, 0.15) is 11.3 Å². The average Bonchev–Trinajstić information content (AvgIpc) is 2.90. The monoisotopic (exact) mass is 304 g/mol. The highest BCUT2D eigenvalue weighted by atomic mass is 16.3. The molecule has 0 saturated carbocycles. The minimum absolute atomic E-state index is 0.0716. The van der Waals surface area contributed by atoms with E-state index in [1.807, 2.05) is 44.2 Å². The lowest BCUT2D eigenvalue weighted by molar-refractivity contribution is 0.163. The standard InChI is InChI=1S/C17H24N2O3/c1-3-9-17(2,12-20)19-16(21)18-10-8-14-11-13-6-4-5-7-15(13)22-14/h4-7,11,20H,3,8-10,12H2,1-2H3,(H2,18,19,21).